The highest BCUT2D eigenvalue weighted by Gasteiger charge is 2.53. The largest absolute Gasteiger partial charge is 0.458 e. The molecule has 2 aromatic carbocycles. The summed E-state index contributed by atoms with van der Waals surface area (Å²) in [6.45, 7) is 19.4. The lowest BCUT2D eigenvalue weighted by atomic mass is 9.79. The first-order valence-electron chi connectivity index (χ1n) is 22.8. The van der Waals surface area contributed by atoms with E-state index in [1.165, 1.54) is 10.4 Å². The maximum atomic E-state index is 13.6. The summed E-state index contributed by atoms with van der Waals surface area (Å²) in [5.74, 6) is 0.489. The number of carbonyl (C=O) groups excluding carboxylic acids is 1. The van der Waals surface area contributed by atoms with Crippen LogP contribution in [0.15, 0.2) is 118 Å². The van der Waals surface area contributed by atoms with Crippen LogP contribution in [0.1, 0.15) is 116 Å². The van der Waals surface area contributed by atoms with E-state index in [-0.39, 0.29) is 65.6 Å². The zero-order chi connectivity index (χ0) is 44.3. The molecule has 8 bridgehead atoms. The molecule has 6 heterocycles. The van der Waals surface area contributed by atoms with Gasteiger partial charge in [-0.1, -0.05) is 120 Å². The summed E-state index contributed by atoms with van der Waals surface area (Å²) in [6.07, 6.45) is 15.5. The van der Waals surface area contributed by atoms with Crippen molar-refractivity contribution in [3.05, 3.63) is 132 Å². The summed E-state index contributed by atoms with van der Waals surface area (Å²) in [6, 6.07) is 21.6. The van der Waals surface area contributed by atoms with Crippen LogP contribution in [0.2, 0.25) is 5.04 Å². The molecule has 10 atom stereocenters. The standard InChI is InChI=1S/C52H64N2O8Si/c1-33-25-39-17-15-24-49(55)61-51-35(3)46(60-50(36(51)4)34(2)27-38-31-56-37(5)53-38)22-16-23-48-54-45(32-57-48)47-30-42(29-41(59-47)28-40(26-33)58-39)62-63(52(6,7)8,43-18-11-9-12-19-43)44-20-13-10-14-21-44/h9-16,18-21,23-24,27,31-32,35-36,39-42,46-47,50-51H,1,17,22,25-26,28-30H2,2-8H3/b23-16-,24-15-,34-27+/t35-,36-,39-,40+,41+,42+,46+,47+,50-,51-/m0/s1. The highest BCUT2D eigenvalue weighted by Crippen LogP contribution is 2.43. The van der Waals surface area contributed by atoms with Gasteiger partial charge in [-0.15, -0.1) is 0 Å². The predicted molar refractivity (Wildman–Crippen MR) is 247 cm³/mol. The summed E-state index contributed by atoms with van der Waals surface area (Å²) in [5.41, 5.74) is 3.57. The van der Waals surface area contributed by atoms with E-state index in [1.807, 2.05) is 38.2 Å². The monoisotopic (exact) mass is 872 g/mol. The number of esters is 1. The number of oxazole rings is 2. The fourth-order valence-electron chi connectivity index (χ4n) is 10.4. The lowest BCUT2D eigenvalue weighted by Crippen LogP contribution is -2.68. The van der Waals surface area contributed by atoms with E-state index >= 15 is 0 Å². The highest BCUT2D eigenvalue weighted by molar-refractivity contribution is 6.99. The zero-order valence-electron chi connectivity index (χ0n) is 37.9. The average Bonchev–Trinajstić information content (AvgIpc) is 3.90. The van der Waals surface area contributed by atoms with Crippen LogP contribution in [0.4, 0.5) is 0 Å². The van der Waals surface area contributed by atoms with Gasteiger partial charge in [-0.2, -0.15) is 0 Å². The van der Waals surface area contributed by atoms with Gasteiger partial charge in [0.1, 0.15) is 36.1 Å². The number of ether oxygens (including phenoxy) is 4. The minimum atomic E-state index is -2.89. The second-order valence-electron chi connectivity index (χ2n) is 19.2. The Balaban J connectivity index is 1.12. The van der Waals surface area contributed by atoms with Gasteiger partial charge in [0.15, 0.2) is 5.89 Å². The van der Waals surface area contributed by atoms with E-state index in [2.05, 4.69) is 107 Å². The van der Waals surface area contributed by atoms with Gasteiger partial charge in [0, 0.05) is 37.7 Å². The first-order chi connectivity index (χ1) is 30.3. The molecule has 0 amide bonds. The Bertz CT molecular complexity index is 2230. The SMILES string of the molecule is C=C1C[C@@H]2C[C@@H]3C[C@@H](O[Si](c4ccccc4)(c4ccccc4)C(C)(C)C)C[C@@H](O3)c3coc(n3)/C=C\C[C@H]3O[C@@H](/C(C)=C/c4coc(C)n4)[C@H](C)[C@@H](OC(=O)/C=C\C[C@@H](C1)O2)[C@H]3C. The van der Waals surface area contributed by atoms with Crippen molar-refractivity contribution in [2.24, 2.45) is 11.8 Å². The highest BCUT2D eigenvalue weighted by atomic mass is 28.4. The van der Waals surface area contributed by atoms with E-state index in [9.17, 15) is 4.79 Å². The maximum Gasteiger partial charge on any atom is 0.330 e. The molecule has 2 aromatic heterocycles. The molecule has 0 saturated carbocycles. The molecule has 10 nitrogen and oxygen atoms in total. The van der Waals surface area contributed by atoms with Gasteiger partial charge in [0.25, 0.3) is 8.32 Å². The van der Waals surface area contributed by atoms with Gasteiger partial charge in [-0.25, -0.2) is 14.8 Å². The Morgan fingerprint density at radius 3 is 2.19 bits per heavy atom. The van der Waals surface area contributed by atoms with Crippen molar-refractivity contribution in [3.63, 3.8) is 0 Å². The van der Waals surface area contributed by atoms with Crippen LogP contribution >= 0.6 is 0 Å². The number of fused-ring (bicyclic) bond motifs is 9. The number of aryl methyl sites for hydroxylation is 1. The molecular formula is C52H64N2O8Si. The average molecular weight is 873 g/mol. The van der Waals surface area contributed by atoms with E-state index in [0.717, 1.165) is 35.4 Å². The Labute approximate surface area is 373 Å². The predicted octanol–water partition coefficient (Wildman–Crippen LogP) is 10.0. The minimum absolute atomic E-state index is 0.0969. The molecule has 0 spiro atoms. The smallest absolute Gasteiger partial charge is 0.330 e. The van der Waals surface area contributed by atoms with Gasteiger partial charge in [-0.3, -0.25) is 0 Å². The van der Waals surface area contributed by atoms with Crippen molar-refractivity contribution >= 4 is 36.8 Å². The Morgan fingerprint density at radius 2 is 1.51 bits per heavy atom. The molecule has 63 heavy (non-hydrogen) atoms. The van der Waals surface area contributed by atoms with Crippen LogP contribution in [0.5, 0.6) is 0 Å². The summed E-state index contributed by atoms with van der Waals surface area (Å²) < 4.78 is 46.3. The summed E-state index contributed by atoms with van der Waals surface area (Å²) in [7, 11) is -2.89. The van der Waals surface area contributed by atoms with E-state index in [0.29, 0.717) is 43.9 Å². The first-order valence-corrected chi connectivity index (χ1v) is 24.7. The molecule has 0 unspecified atom stereocenters. The van der Waals surface area contributed by atoms with Gasteiger partial charge < -0.3 is 32.2 Å². The Morgan fingerprint density at radius 1 is 0.810 bits per heavy atom. The number of benzene rings is 2. The van der Waals surface area contributed by atoms with Crippen molar-refractivity contribution in [3.8, 4) is 0 Å². The second-order valence-corrected chi connectivity index (χ2v) is 23.4. The molecule has 334 valence electrons. The number of hydrogen-bond acceptors (Lipinski definition) is 10. The van der Waals surface area contributed by atoms with E-state index in [1.54, 1.807) is 18.6 Å². The fraction of sp³-hybridized carbons (Fsp3) is 0.481. The van der Waals surface area contributed by atoms with Crippen LogP contribution in [-0.2, 0) is 28.2 Å². The van der Waals surface area contributed by atoms with Crippen molar-refractivity contribution in [2.45, 2.75) is 147 Å². The molecule has 0 N–H and O–H groups in total. The van der Waals surface area contributed by atoms with Gasteiger partial charge in [-0.05, 0) is 72.2 Å². The normalized spacial score (nSPS) is 31.1. The molecule has 3 saturated heterocycles. The van der Waals surface area contributed by atoms with Crippen LogP contribution in [0.3, 0.4) is 0 Å². The first kappa shape index (κ1) is 44.9. The van der Waals surface area contributed by atoms with E-state index in [4.69, 9.17) is 37.2 Å². The third-order valence-electron chi connectivity index (χ3n) is 13.3. The number of rotatable bonds is 6. The molecule has 4 aliphatic rings. The molecule has 11 heteroatoms. The van der Waals surface area contributed by atoms with Crippen LogP contribution in [0, 0.1) is 18.8 Å². The quantitative estimate of drug-likeness (QED) is 0.105. The molecule has 3 fully saturated rings. The van der Waals surface area contributed by atoms with Crippen molar-refractivity contribution in [2.75, 3.05) is 0 Å². The second kappa shape index (κ2) is 19.2. The van der Waals surface area contributed by atoms with Crippen LogP contribution in [-0.4, -0.2) is 67.0 Å². The molecule has 4 aromatic rings. The molecule has 4 aliphatic heterocycles. The Kier molecular flexibility index (Phi) is 13.7. The fourth-order valence-corrected chi connectivity index (χ4v) is 15.1. The molecule has 8 rings (SSSR count). The third kappa shape index (κ3) is 10.2. The summed E-state index contributed by atoms with van der Waals surface area (Å²) >= 11 is 0. The summed E-state index contributed by atoms with van der Waals surface area (Å²) in [5, 5.41) is 2.30. The minimum Gasteiger partial charge on any atom is -0.458 e. The van der Waals surface area contributed by atoms with Crippen LogP contribution < -0.4 is 10.4 Å². The number of aromatic nitrogens is 2. The number of carbonyl (C=O) groups is 1. The lowest BCUT2D eigenvalue weighted by molar-refractivity contribution is -0.179. The maximum absolute atomic E-state index is 13.6. The molecular weight excluding hydrogens is 809 g/mol. The van der Waals surface area contributed by atoms with Crippen molar-refractivity contribution in [1.29, 1.82) is 0 Å². The number of hydrogen-bond donors (Lipinski definition) is 0. The van der Waals surface area contributed by atoms with Crippen LogP contribution in [0.25, 0.3) is 12.2 Å². The van der Waals surface area contributed by atoms with Gasteiger partial charge >= 0.3 is 5.97 Å². The Hall–Kier alpha value is -4.65. The van der Waals surface area contributed by atoms with E-state index < -0.39 is 14.4 Å². The lowest BCUT2D eigenvalue weighted by Gasteiger charge is -2.47. The third-order valence-corrected chi connectivity index (χ3v) is 18.4. The zero-order valence-corrected chi connectivity index (χ0v) is 38.9. The topological polar surface area (TPSA) is 115 Å². The van der Waals surface area contributed by atoms with Gasteiger partial charge in [0.2, 0.25) is 5.89 Å². The van der Waals surface area contributed by atoms with Crippen molar-refractivity contribution < 1.29 is 37.0 Å². The molecule has 0 aliphatic carbocycles. The van der Waals surface area contributed by atoms with Crippen molar-refractivity contribution in [1.82, 2.24) is 9.97 Å². The van der Waals surface area contributed by atoms with Gasteiger partial charge in [0.05, 0.1) is 36.6 Å². The number of nitrogens with zero attached hydrogens (tertiary/aromatic N) is 2. The molecule has 0 radical (unpaired) electrons. The summed E-state index contributed by atoms with van der Waals surface area (Å²) in [4.78, 5) is 23.0.